The third-order valence-corrected chi connectivity index (χ3v) is 2.82. The predicted molar refractivity (Wildman–Crippen MR) is 65.0 cm³/mol. The van der Waals surface area contributed by atoms with Crippen LogP contribution < -0.4 is 4.74 Å². The number of rotatable bonds is 3. The number of phenolic OH excluding ortho intramolecular Hbond substituents is 1. The average molecular weight is 248 g/mol. The van der Waals surface area contributed by atoms with Crippen molar-refractivity contribution < 1.29 is 24.9 Å². The Balaban J connectivity index is 2.84. The minimum Gasteiger partial charge on any atom is -0.507 e. The van der Waals surface area contributed by atoms with Crippen LogP contribution in [-0.4, -0.2) is 28.4 Å². The number of aromatic carboxylic acids is 1. The first-order valence-electron chi connectivity index (χ1n) is 5.25. The minimum absolute atomic E-state index is 0.104. The molecule has 2 aromatic rings. The number of fused-ring (bicyclic) bond motifs is 1. The van der Waals surface area contributed by atoms with Crippen LogP contribution in [-0.2, 0) is 6.61 Å². The molecule has 0 saturated carbocycles. The molecular weight excluding hydrogens is 236 g/mol. The van der Waals surface area contributed by atoms with Gasteiger partial charge in [0.1, 0.15) is 11.5 Å². The molecule has 3 N–H and O–H groups in total. The molecule has 0 unspecified atom stereocenters. The van der Waals surface area contributed by atoms with Crippen LogP contribution in [0.2, 0.25) is 0 Å². The fourth-order valence-corrected chi connectivity index (χ4v) is 1.93. The minimum atomic E-state index is -1.19. The number of ether oxygens (including phenoxy) is 1. The van der Waals surface area contributed by atoms with Crippen LogP contribution in [0.15, 0.2) is 24.3 Å². The molecule has 5 nitrogen and oxygen atoms in total. The molecule has 0 radical (unpaired) electrons. The van der Waals surface area contributed by atoms with Gasteiger partial charge in [-0.3, -0.25) is 0 Å². The second-order valence-electron chi connectivity index (χ2n) is 3.80. The van der Waals surface area contributed by atoms with E-state index in [2.05, 4.69) is 0 Å². The van der Waals surface area contributed by atoms with E-state index in [0.29, 0.717) is 16.5 Å². The van der Waals surface area contributed by atoms with Crippen LogP contribution in [0.1, 0.15) is 15.9 Å². The van der Waals surface area contributed by atoms with E-state index in [9.17, 15) is 15.0 Å². The van der Waals surface area contributed by atoms with Crippen LogP contribution in [0, 0.1) is 0 Å². The van der Waals surface area contributed by atoms with E-state index >= 15 is 0 Å². The Hall–Kier alpha value is -2.27. The number of carboxylic acid groups (broad SMARTS) is 1. The summed E-state index contributed by atoms with van der Waals surface area (Å²) in [4.78, 5) is 11.1. The topological polar surface area (TPSA) is 87.0 Å². The van der Waals surface area contributed by atoms with Crippen molar-refractivity contribution in [1.82, 2.24) is 0 Å². The molecule has 2 rings (SSSR count). The molecule has 0 aromatic heterocycles. The van der Waals surface area contributed by atoms with Crippen LogP contribution in [0.5, 0.6) is 11.5 Å². The Bertz CT molecular complexity index is 618. The lowest BCUT2D eigenvalue weighted by atomic mass is 9.98. The monoisotopic (exact) mass is 248 g/mol. The first-order valence-corrected chi connectivity index (χ1v) is 5.25. The van der Waals surface area contributed by atoms with Gasteiger partial charge in [0.05, 0.1) is 19.3 Å². The molecule has 0 spiro atoms. The summed E-state index contributed by atoms with van der Waals surface area (Å²) in [5.74, 6) is -0.796. The van der Waals surface area contributed by atoms with Crippen molar-refractivity contribution in [3.05, 3.63) is 35.4 Å². The fraction of sp³-hybridized carbons (Fsp3) is 0.154. The van der Waals surface area contributed by atoms with Gasteiger partial charge in [0.2, 0.25) is 0 Å². The molecule has 0 aliphatic heterocycles. The number of benzene rings is 2. The van der Waals surface area contributed by atoms with Gasteiger partial charge in [-0.1, -0.05) is 6.07 Å². The van der Waals surface area contributed by atoms with Crippen molar-refractivity contribution in [2.24, 2.45) is 0 Å². The van der Waals surface area contributed by atoms with Crippen molar-refractivity contribution in [3.63, 3.8) is 0 Å². The number of aliphatic hydroxyl groups excluding tert-OH is 1. The molecule has 18 heavy (non-hydrogen) atoms. The Morgan fingerprint density at radius 3 is 2.56 bits per heavy atom. The molecule has 0 saturated heterocycles. The number of aromatic hydroxyl groups is 1. The molecule has 94 valence electrons. The molecule has 0 aliphatic carbocycles. The molecular formula is C13H12O5. The van der Waals surface area contributed by atoms with E-state index in [1.54, 1.807) is 18.2 Å². The Morgan fingerprint density at radius 2 is 2.00 bits per heavy atom. The average Bonchev–Trinajstić information content (AvgIpc) is 2.38. The number of hydrogen-bond donors (Lipinski definition) is 3. The summed E-state index contributed by atoms with van der Waals surface area (Å²) < 4.78 is 5.04. The highest BCUT2D eigenvalue weighted by Gasteiger charge is 2.16. The first kappa shape index (κ1) is 12.2. The molecule has 0 fully saturated rings. The van der Waals surface area contributed by atoms with Gasteiger partial charge in [-0.25, -0.2) is 4.79 Å². The second-order valence-corrected chi connectivity index (χ2v) is 3.80. The smallest absolute Gasteiger partial charge is 0.336 e. The Labute approximate surface area is 103 Å². The third-order valence-electron chi connectivity index (χ3n) is 2.82. The van der Waals surface area contributed by atoms with Crippen molar-refractivity contribution in [2.45, 2.75) is 6.61 Å². The van der Waals surface area contributed by atoms with Gasteiger partial charge in [-0.05, 0) is 23.6 Å². The molecule has 0 atom stereocenters. The highest BCUT2D eigenvalue weighted by Crippen LogP contribution is 2.33. The molecule has 0 amide bonds. The van der Waals surface area contributed by atoms with E-state index in [4.69, 9.17) is 9.84 Å². The Morgan fingerprint density at radius 1 is 1.28 bits per heavy atom. The van der Waals surface area contributed by atoms with Gasteiger partial charge in [0.15, 0.2) is 0 Å². The normalized spacial score (nSPS) is 10.6. The molecule has 0 heterocycles. The van der Waals surface area contributed by atoms with Crippen molar-refractivity contribution in [2.75, 3.05) is 7.11 Å². The highest BCUT2D eigenvalue weighted by atomic mass is 16.5. The standard InChI is InChI=1S/C13H12O5/c1-18-7-2-3-8-9(4-7)12(15)5-10(13(16)17)11(8)6-14/h2-5,14-15H,6H2,1H3,(H,16,17). The summed E-state index contributed by atoms with van der Waals surface area (Å²) in [6, 6.07) is 5.99. The Kier molecular flexibility index (Phi) is 3.08. The third kappa shape index (κ3) is 1.84. The van der Waals surface area contributed by atoms with Crippen LogP contribution in [0.3, 0.4) is 0 Å². The number of methoxy groups -OCH3 is 1. The summed E-state index contributed by atoms with van der Waals surface area (Å²) in [5.41, 5.74) is 0.172. The van der Waals surface area contributed by atoms with Gasteiger partial charge < -0.3 is 20.1 Å². The van der Waals surface area contributed by atoms with Gasteiger partial charge in [0.25, 0.3) is 0 Å². The first-order chi connectivity index (χ1) is 8.58. The quantitative estimate of drug-likeness (QED) is 0.770. The number of phenols is 1. The van der Waals surface area contributed by atoms with Crippen LogP contribution in [0.4, 0.5) is 0 Å². The van der Waals surface area contributed by atoms with Crippen LogP contribution in [0.25, 0.3) is 10.8 Å². The van der Waals surface area contributed by atoms with E-state index < -0.39 is 12.6 Å². The number of aliphatic hydroxyl groups is 1. The highest BCUT2D eigenvalue weighted by molar-refractivity contribution is 6.01. The van der Waals surface area contributed by atoms with Gasteiger partial charge in [-0.2, -0.15) is 0 Å². The summed E-state index contributed by atoms with van der Waals surface area (Å²) >= 11 is 0. The zero-order valence-electron chi connectivity index (χ0n) is 9.67. The van der Waals surface area contributed by atoms with Gasteiger partial charge >= 0.3 is 5.97 Å². The van der Waals surface area contributed by atoms with E-state index in [1.807, 2.05) is 0 Å². The van der Waals surface area contributed by atoms with Crippen molar-refractivity contribution in [1.29, 1.82) is 0 Å². The fourth-order valence-electron chi connectivity index (χ4n) is 1.93. The number of carbonyl (C=O) groups is 1. The van der Waals surface area contributed by atoms with E-state index in [1.165, 1.54) is 7.11 Å². The predicted octanol–water partition coefficient (Wildman–Crippen LogP) is 1.74. The molecule has 0 aliphatic rings. The number of hydrogen-bond acceptors (Lipinski definition) is 4. The summed E-state index contributed by atoms with van der Waals surface area (Å²) in [7, 11) is 1.50. The largest absolute Gasteiger partial charge is 0.507 e. The molecule has 5 heteroatoms. The lowest BCUT2D eigenvalue weighted by Gasteiger charge is -2.11. The maximum absolute atomic E-state index is 11.1. The van der Waals surface area contributed by atoms with Gasteiger partial charge in [-0.15, -0.1) is 0 Å². The van der Waals surface area contributed by atoms with E-state index in [-0.39, 0.29) is 16.9 Å². The zero-order valence-corrected chi connectivity index (χ0v) is 9.67. The van der Waals surface area contributed by atoms with E-state index in [0.717, 1.165) is 6.07 Å². The lowest BCUT2D eigenvalue weighted by Crippen LogP contribution is -2.03. The summed E-state index contributed by atoms with van der Waals surface area (Å²) in [6.45, 7) is -0.412. The maximum atomic E-state index is 11.1. The SMILES string of the molecule is COc1ccc2c(CO)c(C(=O)O)cc(O)c2c1. The molecule has 0 bridgehead atoms. The summed E-state index contributed by atoms with van der Waals surface area (Å²) in [6.07, 6.45) is 0. The van der Waals surface area contributed by atoms with Crippen molar-refractivity contribution >= 4 is 16.7 Å². The van der Waals surface area contributed by atoms with Crippen LogP contribution >= 0.6 is 0 Å². The molecule has 2 aromatic carbocycles. The zero-order chi connectivity index (χ0) is 13.3. The maximum Gasteiger partial charge on any atom is 0.336 e. The van der Waals surface area contributed by atoms with Crippen molar-refractivity contribution in [3.8, 4) is 11.5 Å². The van der Waals surface area contributed by atoms with Gasteiger partial charge in [0, 0.05) is 10.9 Å². The number of carboxylic acids is 1. The lowest BCUT2D eigenvalue weighted by molar-refractivity contribution is 0.0693. The second kappa shape index (κ2) is 4.54. The summed E-state index contributed by atoms with van der Waals surface area (Å²) in [5, 5.41) is 29.1.